The molecule has 0 aliphatic carbocycles. The van der Waals surface area contributed by atoms with E-state index in [0.29, 0.717) is 5.70 Å². The summed E-state index contributed by atoms with van der Waals surface area (Å²) in [6.45, 7) is 10.1. The number of allylic oxidation sites excluding steroid dienone is 2. The highest BCUT2D eigenvalue weighted by molar-refractivity contribution is 6.77. The van der Waals surface area contributed by atoms with E-state index in [4.69, 9.17) is 5.73 Å². The highest BCUT2D eigenvalue weighted by Gasteiger charge is 2.18. The summed E-state index contributed by atoms with van der Waals surface area (Å²) in [4.78, 5) is 11.1. The van der Waals surface area contributed by atoms with Crippen molar-refractivity contribution >= 4 is 13.9 Å². The Morgan fingerprint density at radius 1 is 1.25 bits per heavy atom. The Kier molecular flexibility index (Phi) is 3.71. The van der Waals surface area contributed by atoms with Gasteiger partial charge in [0.1, 0.15) is 0 Å². The maximum absolute atomic E-state index is 11.1. The monoisotopic (exact) mass is 185 g/mol. The van der Waals surface area contributed by atoms with Gasteiger partial charge in [0.15, 0.2) is 5.78 Å². The quantitative estimate of drug-likeness (QED) is 0.541. The smallest absolute Gasteiger partial charge is 0.157 e. The van der Waals surface area contributed by atoms with Crippen LogP contribution >= 0.6 is 0 Å². The first-order valence-corrected chi connectivity index (χ1v) is 7.91. The van der Waals surface area contributed by atoms with Gasteiger partial charge >= 0.3 is 0 Å². The Balaban J connectivity index is 4.60. The van der Waals surface area contributed by atoms with Gasteiger partial charge in [0.05, 0.1) is 0 Å². The van der Waals surface area contributed by atoms with Crippen molar-refractivity contribution in [2.24, 2.45) is 5.73 Å². The van der Waals surface area contributed by atoms with Crippen LogP contribution in [0.15, 0.2) is 11.3 Å². The highest BCUT2D eigenvalue weighted by Crippen LogP contribution is 2.18. The van der Waals surface area contributed by atoms with Crippen LogP contribution in [0.3, 0.4) is 0 Å². The minimum atomic E-state index is -1.20. The first-order valence-electron chi connectivity index (χ1n) is 4.20. The molecular weight excluding hydrogens is 166 g/mol. The number of hydrogen-bond acceptors (Lipinski definition) is 2. The van der Waals surface area contributed by atoms with E-state index in [-0.39, 0.29) is 5.78 Å². The summed E-state index contributed by atoms with van der Waals surface area (Å²) in [6.07, 6.45) is 0. The summed E-state index contributed by atoms with van der Waals surface area (Å²) in [5.41, 5.74) is 7.14. The molecule has 0 aliphatic heterocycles. The molecule has 0 atom stereocenters. The van der Waals surface area contributed by atoms with Crippen LogP contribution in [0.5, 0.6) is 0 Å². The third-order valence-corrected chi connectivity index (χ3v) is 3.02. The Bertz CT molecular complexity index is 209. The summed E-state index contributed by atoms with van der Waals surface area (Å²) in [7, 11) is -1.20. The zero-order chi connectivity index (χ0) is 9.94. The molecule has 70 valence electrons. The maximum atomic E-state index is 11.1. The molecule has 0 amide bonds. The van der Waals surface area contributed by atoms with Crippen molar-refractivity contribution < 1.29 is 4.79 Å². The second-order valence-electron chi connectivity index (χ2n) is 4.46. The molecule has 12 heavy (non-hydrogen) atoms. The van der Waals surface area contributed by atoms with Crippen LogP contribution in [0, 0.1) is 0 Å². The Morgan fingerprint density at radius 3 is 1.75 bits per heavy atom. The third-order valence-electron chi connectivity index (χ3n) is 1.61. The molecule has 0 aromatic heterocycles. The van der Waals surface area contributed by atoms with Crippen LogP contribution in [0.25, 0.3) is 0 Å². The molecule has 0 radical (unpaired) electrons. The van der Waals surface area contributed by atoms with Crippen molar-refractivity contribution in [2.75, 3.05) is 0 Å². The van der Waals surface area contributed by atoms with Gasteiger partial charge in [-0.3, -0.25) is 4.79 Å². The molecule has 0 aliphatic rings. The van der Waals surface area contributed by atoms with Gasteiger partial charge in [0, 0.05) is 19.3 Å². The van der Waals surface area contributed by atoms with E-state index >= 15 is 0 Å². The lowest BCUT2D eigenvalue weighted by Gasteiger charge is -2.17. The number of nitrogens with two attached hydrogens (primary N) is 1. The fourth-order valence-corrected chi connectivity index (χ4v) is 2.66. The Labute approximate surface area is 75.9 Å². The highest BCUT2D eigenvalue weighted by atomic mass is 28.3. The van der Waals surface area contributed by atoms with Crippen LogP contribution in [0.2, 0.25) is 25.7 Å². The van der Waals surface area contributed by atoms with Crippen molar-refractivity contribution in [1.82, 2.24) is 0 Å². The summed E-state index contributed by atoms with van der Waals surface area (Å²) in [5, 5.41) is 0. The van der Waals surface area contributed by atoms with Gasteiger partial charge in [-0.1, -0.05) is 19.6 Å². The fraction of sp³-hybridized carbons (Fsp3) is 0.667. The van der Waals surface area contributed by atoms with Crippen molar-refractivity contribution in [1.29, 1.82) is 0 Å². The number of rotatable bonds is 3. The van der Waals surface area contributed by atoms with E-state index in [9.17, 15) is 4.79 Å². The van der Waals surface area contributed by atoms with E-state index < -0.39 is 8.07 Å². The molecule has 0 rings (SSSR count). The fourth-order valence-electron chi connectivity index (χ4n) is 1.07. The molecule has 0 aromatic carbocycles. The molecular formula is C9H19NOSi. The van der Waals surface area contributed by atoms with Crippen LogP contribution in [-0.2, 0) is 4.79 Å². The number of hydrogen-bond donors (Lipinski definition) is 1. The lowest BCUT2D eigenvalue weighted by atomic mass is 10.2. The Morgan fingerprint density at radius 2 is 1.67 bits per heavy atom. The molecule has 0 heterocycles. The van der Waals surface area contributed by atoms with Gasteiger partial charge in [-0.15, -0.1) is 0 Å². The minimum Gasteiger partial charge on any atom is -0.402 e. The first kappa shape index (κ1) is 11.4. The summed E-state index contributed by atoms with van der Waals surface area (Å²) < 4.78 is 0. The van der Waals surface area contributed by atoms with Crippen molar-refractivity contribution in [3.05, 3.63) is 11.3 Å². The predicted molar refractivity (Wildman–Crippen MR) is 55.7 cm³/mol. The van der Waals surface area contributed by atoms with Crippen LogP contribution in [0.1, 0.15) is 13.8 Å². The summed E-state index contributed by atoms with van der Waals surface area (Å²) >= 11 is 0. The number of carbonyl (C=O) groups is 1. The van der Waals surface area contributed by atoms with Crippen LogP contribution in [0.4, 0.5) is 0 Å². The van der Waals surface area contributed by atoms with E-state index in [1.807, 2.05) is 0 Å². The molecule has 2 N–H and O–H groups in total. The van der Waals surface area contributed by atoms with E-state index in [2.05, 4.69) is 19.6 Å². The van der Waals surface area contributed by atoms with Crippen molar-refractivity contribution in [3.8, 4) is 0 Å². The summed E-state index contributed by atoms with van der Waals surface area (Å²) in [5.74, 6) is 0.123. The second-order valence-corrected chi connectivity index (χ2v) is 9.93. The van der Waals surface area contributed by atoms with Gasteiger partial charge in [-0.25, -0.2) is 0 Å². The average Bonchev–Trinajstić information content (AvgIpc) is 1.79. The zero-order valence-corrected chi connectivity index (χ0v) is 9.69. The van der Waals surface area contributed by atoms with E-state index in [0.717, 1.165) is 11.6 Å². The lowest BCUT2D eigenvalue weighted by Crippen LogP contribution is -2.23. The van der Waals surface area contributed by atoms with Crippen LogP contribution in [-0.4, -0.2) is 13.9 Å². The van der Waals surface area contributed by atoms with E-state index in [1.54, 1.807) is 13.8 Å². The molecule has 0 spiro atoms. The van der Waals surface area contributed by atoms with Gasteiger partial charge in [-0.05, 0) is 19.9 Å². The number of Topliss-reactive ketones (excluding diaryl/α,β-unsaturated/α-hetero) is 1. The largest absolute Gasteiger partial charge is 0.402 e. The zero-order valence-electron chi connectivity index (χ0n) is 8.69. The summed E-state index contributed by atoms with van der Waals surface area (Å²) in [6, 6.07) is 0.894. The second kappa shape index (κ2) is 3.89. The minimum absolute atomic E-state index is 0.123. The molecule has 0 fully saturated rings. The average molecular weight is 185 g/mol. The molecule has 0 aromatic rings. The predicted octanol–water partition coefficient (Wildman–Crippen LogP) is 2.15. The number of ketones is 1. The van der Waals surface area contributed by atoms with Crippen molar-refractivity contribution in [3.63, 3.8) is 0 Å². The topological polar surface area (TPSA) is 43.1 Å². The SMILES string of the molecule is CC(=O)/C(C[Si](C)(C)C)=C(\C)N. The molecule has 0 unspecified atom stereocenters. The molecule has 3 heteroatoms. The third kappa shape index (κ3) is 4.33. The van der Waals surface area contributed by atoms with Gasteiger partial charge < -0.3 is 5.73 Å². The van der Waals surface area contributed by atoms with Gasteiger partial charge in [-0.2, -0.15) is 0 Å². The Hall–Kier alpha value is -0.573. The molecule has 2 nitrogen and oxygen atoms in total. The first-order chi connectivity index (χ1) is 5.24. The van der Waals surface area contributed by atoms with Crippen LogP contribution < -0.4 is 5.73 Å². The molecule has 0 saturated heterocycles. The molecule has 0 saturated carbocycles. The van der Waals surface area contributed by atoms with Gasteiger partial charge in [0.2, 0.25) is 0 Å². The van der Waals surface area contributed by atoms with E-state index in [1.165, 1.54) is 0 Å². The lowest BCUT2D eigenvalue weighted by molar-refractivity contribution is -0.113. The van der Waals surface area contributed by atoms with Gasteiger partial charge in [0.25, 0.3) is 0 Å². The molecule has 0 bridgehead atoms. The maximum Gasteiger partial charge on any atom is 0.157 e. The standard InChI is InChI=1S/C9H19NOSi/c1-7(10)9(8(2)11)6-12(3,4)5/h6,10H2,1-5H3/b9-7+. The number of carbonyl (C=O) groups excluding carboxylic acids is 1. The normalized spacial score (nSPS) is 14.1. The van der Waals surface area contributed by atoms with Crippen molar-refractivity contribution in [2.45, 2.75) is 39.5 Å².